The van der Waals surface area contributed by atoms with Crippen LogP contribution in [0.15, 0.2) is 21.1 Å². The Bertz CT molecular complexity index is 372. The molecular weight excluding hydrogens is 300 g/mol. The van der Waals surface area contributed by atoms with Crippen LogP contribution in [0.4, 0.5) is 0 Å². The molecule has 0 amide bonds. The van der Waals surface area contributed by atoms with Crippen molar-refractivity contribution in [1.82, 2.24) is 0 Å². The maximum Gasteiger partial charge on any atom is 0.160 e. The zero-order valence-corrected chi connectivity index (χ0v) is 9.98. The second-order valence-corrected chi connectivity index (χ2v) is 4.24. The van der Waals surface area contributed by atoms with Crippen molar-refractivity contribution < 1.29 is 9.59 Å². The molecule has 0 aliphatic rings. The lowest BCUT2D eigenvalue weighted by atomic mass is 10.1. The van der Waals surface area contributed by atoms with Crippen molar-refractivity contribution in [1.29, 1.82) is 0 Å². The SMILES string of the molecule is CC(=O)c1cc(Br)c(Br)cc1C=O. The molecule has 0 aliphatic carbocycles. The molecule has 0 fully saturated rings. The lowest BCUT2D eigenvalue weighted by Gasteiger charge is -2.03. The summed E-state index contributed by atoms with van der Waals surface area (Å²) in [6, 6.07) is 3.25. The van der Waals surface area contributed by atoms with E-state index in [9.17, 15) is 9.59 Å². The van der Waals surface area contributed by atoms with Gasteiger partial charge in [0.05, 0.1) is 0 Å². The first-order valence-corrected chi connectivity index (χ1v) is 5.10. The molecule has 68 valence electrons. The van der Waals surface area contributed by atoms with E-state index in [2.05, 4.69) is 31.9 Å². The Morgan fingerprint density at radius 1 is 1.31 bits per heavy atom. The Kier molecular flexibility index (Phi) is 3.39. The van der Waals surface area contributed by atoms with Crippen molar-refractivity contribution in [3.63, 3.8) is 0 Å². The summed E-state index contributed by atoms with van der Waals surface area (Å²) < 4.78 is 1.53. The van der Waals surface area contributed by atoms with Gasteiger partial charge in [-0.3, -0.25) is 9.59 Å². The Labute approximate surface area is 92.6 Å². The highest BCUT2D eigenvalue weighted by Crippen LogP contribution is 2.26. The molecule has 1 rings (SSSR count). The number of aldehydes is 1. The standard InChI is InChI=1S/C9H6Br2O2/c1-5(13)7-3-9(11)8(10)2-6(7)4-12/h2-4H,1H3. The van der Waals surface area contributed by atoms with Crippen molar-refractivity contribution in [3.8, 4) is 0 Å². The molecule has 2 nitrogen and oxygen atoms in total. The molecule has 0 saturated carbocycles. The van der Waals surface area contributed by atoms with E-state index in [1.807, 2.05) is 0 Å². The number of hydrogen-bond acceptors (Lipinski definition) is 2. The molecule has 0 saturated heterocycles. The summed E-state index contributed by atoms with van der Waals surface area (Å²) >= 11 is 6.52. The maximum absolute atomic E-state index is 11.1. The largest absolute Gasteiger partial charge is 0.298 e. The number of hydrogen-bond donors (Lipinski definition) is 0. The summed E-state index contributed by atoms with van der Waals surface area (Å²) in [6.07, 6.45) is 0.675. The quantitative estimate of drug-likeness (QED) is 0.621. The summed E-state index contributed by atoms with van der Waals surface area (Å²) in [7, 11) is 0. The summed E-state index contributed by atoms with van der Waals surface area (Å²) in [5, 5.41) is 0. The summed E-state index contributed by atoms with van der Waals surface area (Å²) in [4.78, 5) is 21.7. The maximum atomic E-state index is 11.1. The van der Waals surface area contributed by atoms with Gasteiger partial charge in [0.25, 0.3) is 0 Å². The normalized spacial score (nSPS) is 9.77. The number of carbonyl (C=O) groups is 2. The molecular formula is C9H6Br2O2. The van der Waals surface area contributed by atoms with Gasteiger partial charge in [-0.1, -0.05) is 0 Å². The molecule has 0 radical (unpaired) electrons. The Hall–Kier alpha value is -0.480. The number of rotatable bonds is 2. The van der Waals surface area contributed by atoms with Crippen LogP contribution in [-0.2, 0) is 0 Å². The molecule has 0 aromatic heterocycles. The summed E-state index contributed by atoms with van der Waals surface area (Å²) in [5.74, 6) is -0.115. The third kappa shape index (κ3) is 2.25. The molecule has 0 bridgehead atoms. The van der Waals surface area contributed by atoms with Gasteiger partial charge in [-0.05, 0) is 50.9 Å². The highest BCUT2D eigenvalue weighted by atomic mass is 79.9. The van der Waals surface area contributed by atoms with E-state index >= 15 is 0 Å². The fourth-order valence-corrected chi connectivity index (χ4v) is 1.67. The average molecular weight is 306 g/mol. The zero-order chi connectivity index (χ0) is 10.0. The second-order valence-electron chi connectivity index (χ2n) is 2.53. The first-order valence-electron chi connectivity index (χ1n) is 3.51. The van der Waals surface area contributed by atoms with Crippen LogP contribution < -0.4 is 0 Å². The van der Waals surface area contributed by atoms with E-state index in [0.29, 0.717) is 17.4 Å². The van der Waals surface area contributed by atoms with Gasteiger partial charge in [0, 0.05) is 20.1 Å². The topological polar surface area (TPSA) is 34.1 Å². The fraction of sp³-hybridized carbons (Fsp3) is 0.111. The van der Waals surface area contributed by atoms with Crippen molar-refractivity contribution >= 4 is 43.9 Å². The molecule has 13 heavy (non-hydrogen) atoms. The third-order valence-corrected chi connectivity index (χ3v) is 3.44. The highest BCUT2D eigenvalue weighted by molar-refractivity contribution is 9.13. The van der Waals surface area contributed by atoms with Crippen LogP contribution >= 0.6 is 31.9 Å². The van der Waals surface area contributed by atoms with Crippen molar-refractivity contribution in [2.75, 3.05) is 0 Å². The highest BCUT2D eigenvalue weighted by Gasteiger charge is 2.09. The molecule has 1 aromatic rings. The van der Waals surface area contributed by atoms with Gasteiger partial charge in [0.15, 0.2) is 12.1 Å². The van der Waals surface area contributed by atoms with Crippen LogP contribution in [0.1, 0.15) is 27.6 Å². The molecule has 0 aliphatic heterocycles. The van der Waals surface area contributed by atoms with Gasteiger partial charge in [-0.2, -0.15) is 0 Å². The number of benzene rings is 1. The Morgan fingerprint density at radius 3 is 2.31 bits per heavy atom. The molecule has 0 unspecified atom stereocenters. The van der Waals surface area contributed by atoms with Crippen LogP contribution in [-0.4, -0.2) is 12.1 Å². The third-order valence-electron chi connectivity index (χ3n) is 1.60. The van der Waals surface area contributed by atoms with E-state index in [4.69, 9.17) is 0 Å². The minimum atomic E-state index is -0.115. The molecule has 0 spiro atoms. The van der Waals surface area contributed by atoms with Crippen LogP contribution in [0.2, 0.25) is 0 Å². The molecule has 0 atom stereocenters. The summed E-state index contributed by atoms with van der Waals surface area (Å²) in [6.45, 7) is 1.43. The van der Waals surface area contributed by atoms with Crippen LogP contribution in [0, 0.1) is 0 Å². The van der Waals surface area contributed by atoms with E-state index in [1.54, 1.807) is 12.1 Å². The fourth-order valence-electron chi connectivity index (χ4n) is 0.965. The smallest absolute Gasteiger partial charge is 0.160 e. The lowest BCUT2D eigenvalue weighted by Crippen LogP contribution is -1.98. The van der Waals surface area contributed by atoms with Gasteiger partial charge < -0.3 is 0 Å². The van der Waals surface area contributed by atoms with Gasteiger partial charge in [-0.25, -0.2) is 0 Å². The first kappa shape index (κ1) is 10.6. The van der Waals surface area contributed by atoms with E-state index in [1.165, 1.54) is 6.92 Å². The first-order chi connectivity index (χ1) is 6.06. The van der Waals surface area contributed by atoms with Crippen molar-refractivity contribution in [2.24, 2.45) is 0 Å². The van der Waals surface area contributed by atoms with Crippen LogP contribution in [0.5, 0.6) is 0 Å². The van der Waals surface area contributed by atoms with Crippen LogP contribution in [0.3, 0.4) is 0 Å². The van der Waals surface area contributed by atoms with Gasteiger partial charge in [-0.15, -0.1) is 0 Å². The van der Waals surface area contributed by atoms with Crippen molar-refractivity contribution in [3.05, 3.63) is 32.2 Å². The minimum Gasteiger partial charge on any atom is -0.298 e. The minimum absolute atomic E-state index is 0.115. The molecule has 1 aromatic carbocycles. The number of halogens is 2. The molecule has 0 heterocycles. The summed E-state index contributed by atoms with van der Waals surface area (Å²) in [5.41, 5.74) is 0.840. The van der Waals surface area contributed by atoms with E-state index in [-0.39, 0.29) is 5.78 Å². The van der Waals surface area contributed by atoms with Gasteiger partial charge in [0.2, 0.25) is 0 Å². The average Bonchev–Trinajstić information content (AvgIpc) is 2.08. The number of ketones is 1. The van der Waals surface area contributed by atoms with Crippen molar-refractivity contribution in [2.45, 2.75) is 6.92 Å². The lowest BCUT2D eigenvalue weighted by molar-refractivity contribution is 0.100. The molecule has 4 heteroatoms. The van der Waals surface area contributed by atoms with E-state index in [0.717, 1.165) is 8.95 Å². The Morgan fingerprint density at radius 2 is 1.85 bits per heavy atom. The predicted molar refractivity (Wildman–Crippen MR) is 57.2 cm³/mol. The second kappa shape index (κ2) is 4.15. The number of carbonyl (C=O) groups excluding carboxylic acids is 2. The Balaban J connectivity index is 3.41. The van der Waals surface area contributed by atoms with Gasteiger partial charge >= 0.3 is 0 Å². The predicted octanol–water partition coefficient (Wildman–Crippen LogP) is 3.23. The zero-order valence-electron chi connectivity index (χ0n) is 6.80. The molecule has 0 N–H and O–H groups in total. The number of Topliss-reactive ketones (excluding diaryl/α,β-unsaturated/α-hetero) is 1. The van der Waals surface area contributed by atoms with E-state index < -0.39 is 0 Å². The monoisotopic (exact) mass is 304 g/mol. The van der Waals surface area contributed by atoms with Crippen LogP contribution in [0.25, 0.3) is 0 Å². The van der Waals surface area contributed by atoms with Gasteiger partial charge in [0.1, 0.15) is 0 Å².